The molecule has 0 saturated heterocycles. The van der Waals surface area contributed by atoms with Gasteiger partial charge in [-0.2, -0.15) is 5.10 Å². The molecule has 1 fully saturated rings. The topological polar surface area (TPSA) is 55.6 Å². The van der Waals surface area contributed by atoms with Crippen molar-refractivity contribution in [2.75, 3.05) is 11.9 Å². The van der Waals surface area contributed by atoms with Gasteiger partial charge in [0.15, 0.2) is 5.65 Å². The summed E-state index contributed by atoms with van der Waals surface area (Å²) >= 11 is 0. The smallest absolute Gasteiger partial charge is 0.168 e. The van der Waals surface area contributed by atoms with Crippen LogP contribution in [0, 0.1) is 5.41 Å². The zero-order valence-electron chi connectivity index (χ0n) is 12.7. The summed E-state index contributed by atoms with van der Waals surface area (Å²) in [5.74, 6) is 0.881. The number of fused-ring (bicyclic) bond motifs is 1. The molecule has 112 valence electrons. The molecule has 5 heteroatoms. The third-order valence-corrected chi connectivity index (χ3v) is 4.70. The van der Waals surface area contributed by atoms with E-state index in [0.29, 0.717) is 5.41 Å². The highest BCUT2D eigenvalue weighted by molar-refractivity contribution is 5.87. The number of rotatable bonds is 5. The molecule has 1 aliphatic carbocycles. The monoisotopic (exact) mass is 293 g/mol. The number of benzene rings is 1. The second kappa shape index (κ2) is 5.09. The number of hydrogen-bond acceptors (Lipinski definition) is 4. The lowest BCUT2D eigenvalue weighted by molar-refractivity contribution is 0.521. The first-order valence-electron chi connectivity index (χ1n) is 7.79. The molecule has 0 atom stereocenters. The van der Waals surface area contributed by atoms with Gasteiger partial charge in [-0.3, -0.25) is 0 Å². The van der Waals surface area contributed by atoms with Crippen LogP contribution in [0.3, 0.4) is 0 Å². The number of nitrogens with zero attached hydrogens (tertiary/aromatic N) is 4. The lowest BCUT2D eigenvalue weighted by atomic mass is 10.0. The quantitative estimate of drug-likeness (QED) is 0.783. The number of anilines is 1. The zero-order valence-corrected chi connectivity index (χ0v) is 12.7. The molecule has 4 rings (SSSR count). The van der Waals surface area contributed by atoms with Crippen molar-refractivity contribution in [1.29, 1.82) is 0 Å². The third-order valence-electron chi connectivity index (χ3n) is 4.70. The second-order valence-corrected chi connectivity index (χ2v) is 6.06. The Balaban J connectivity index is 1.68. The number of aromatic nitrogens is 4. The summed E-state index contributed by atoms with van der Waals surface area (Å²) in [6.07, 6.45) is 7.30. The van der Waals surface area contributed by atoms with Gasteiger partial charge in [0.2, 0.25) is 0 Å². The van der Waals surface area contributed by atoms with E-state index in [2.05, 4.69) is 27.3 Å². The highest BCUT2D eigenvalue weighted by Gasteiger charge is 2.40. The van der Waals surface area contributed by atoms with Crippen LogP contribution in [0.5, 0.6) is 0 Å². The lowest BCUT2D eigenvalue weighted by Gasteiger charge is -2.14. The van der Waals surface area contributed by atoms with E-state index >= 15 is 0 Å². The molecule has 2 aromatic heterocycles. The molecular weight excluding hydrogens is 274 g/mol. The van der Waals surface area contributed by atoms with Gasteiger partial charge >= 0.3 is 0 Å². The summed E-state index contributed by atoms with van der Waals surface area (Å²) < 4.78 is 1.86. The van der Waals surface area contributed by atoms with Crippen LogP contribution in [0.2, 0.25) is 0 Å². The largest absolute Gasteiger partial charge is 0.369 e. The van der Waals surface area contributed by atoms with Crippen molar-refractivity contribution in [3.8, 4) is 5.69 Å². The number of hydrogen-bond donors (Lipinski definition) is 1. The standard InChI is InChI=1S/C17H19N5/c1-2-17(8-9-17)11-18-15-14-10-21-22(16(14)20-12-19-15)13-6-4-3-5-7-13/h3-7,10,12H,2,8-9,11H2,1H3,(H,18,19,20). The van der Waals surface area contributed by atoms with E-state index in [9.17, 15) is 0 Å². The average molecular weight is 293 g/mol. The Morgan fingerprint density at radius 1 is 1.18 bits per heavy atom. The third kappa shape index (κ3) is 2.22. The molecule has 2 heterocycles. The maximum absolute atomic E-state index is 4.48. The highest BCUT2D eigenvalue weighted by Crippen LogP contribution is 2.48. The molecule has 3 aromatic rings. The Kier molecular flexibility index (Phi) is 3.06. The molecule has 1 aromatic carbocycles. The van der Waals surface area contributed by atoms with Crippen molar-refractivity contribution in [1.82, 2.24) is 19.7 Å². The summed E-state index contributed by atoms with van der Waals surface area (Å²) in [6.45, 7) is 3.24. The van der Waals surface area contributed by atoms with Crippen molar-refractivity contribution < 1.29 is 0 Å². The Hall–Kier alpha value is -2.43. The van der Waals surface area contributed by atoms with E-state index in [0.717, 1.165) is 29.1 Å². The van der Waals surface area contributed by atoms with Crippen molar-refractivity contribution in [2.24, 2.45) is 5.41 Å². The van der Waals surface area contributed by atoms with Crippen molar-refractivity contribution >= 4 is 16.9 Å². The first-order valence-corrected chi connectivity index (χ1v) is 7.79. The molecule has 0 spiro atoms. The summed E-state index contributed by atoms with van der Waals surface area (Å²) in [4.78, 5) is 8.81. The zero-order chi connectivity index (χ0) is 15.0. The summed E-state index contributed by atoms with van der Waals surface area (Å²) in [5, 5.41) is 8.95. The van der Waals surface area contributed by atoms with Crippen molar-refractivity contribution in [3.63, 3.8) is 0 Å². The van der Waals surface area contributed by atoms with Gasteiger partial charge in [0.25, 0.3) is 0 Å². The van der Waals surface area contributed by atoms with Gasteiger partial charge < -0.3 is 5.32 Å². The maximum Gasteiger partial charge on any atom is 0.168 e. The van der Waals surface area contributed by atoms with Gasteiger partial charge in [0.05, 0.1) is 17.3 Å². The minimum atomic E-state index is 0.479. The average Bonchev–Trinajstić information content (AvgIpc) is 3.23. The van der Waals surface area contributed by atoms with E-state index < -0.39 is 0 Å². The van der Waals surface area contributed by atoms with Crippen LogP contribution in [-0.4, -0.2) is 26.3 Å². The van der Waals surface area contributed by atoms with Crippen molar-refractivity contribution in [2.45, 2.75) is 26.2 Å². The molecule has 0 radical (unpaired) electrons. The minimum absolute atomic E-state index is 0.479. The van der Waals surface area contributed by atoms with Crippen LogP contribution in [0.15, 0.2) is 42.9 Å². The van der Waals surface area contributed by atoms with Crippen LogP contribution < -0.4 is 5.32 Å². The first kappa shape index (κ1) is 13.2. The molecule has 5 nitrogen and oxygen atoms in total. The molecule has 0 aliphatic heterocycles. The van der Waals surface area contributed by atoms with Crippen LogP contribution >= 0.6 is 0 Å². The molecular formula is C17H19N5. The van der Waals surface area contributed by atoms with Gasteiger partial charge in [-0.1, -0.05) is 25.1 Å². The Labute approximate surface area is 129 Å². The predicted octanol–water partition coefficient (Wildman–Crippen LogP) is 3.42. The van der Waals surface area contributed by atoms with Crippen LogP contribution in [-0.2, 0) is 0 Å². The first-order chi connectivity index (χ1) is 10.8. The molecule has 0 amide bonds. The fourth-order valence-electron chi connectivity index (χ4n) is 2.85. The lowest BCUT2D eigenvalue weighted by Crippen LogP contribution is -2.15. The molecule has 0 bridgehead atoms. The maximum atomic E-state index is 4.48. The Morgan fingerprint density at radius 2 is 2.00 bits per heavy atom. The van der Waals surface area contributed by atoms with Gasteiger partial charge in [0, 0.05) is 6.54 Å². The Bertz CT molecular complexity index is 789. The van der Waals surface area contributed by atoms with E-state index in [1.807, 2.05) is 41.2 Å². The van der Waals surface area contributed by atoms with Gasteiger partial charge in [-0.25, -0.2) is 14.6 Å². The van der Waals surface area contributed by atoms with E-state index in [1.54, 1.807) is 6.33 Å². The van der Waals surface area contributed by atoms with Crippen LogP contribution in [0.4, 0.5) is 5.82 Å². The summed E-state index contributed by atoms with van der Waals surface area (Å²) in [6, 6.07) is 10.1. The number of nitrogens with one attached hydrogen (secondary N) is 1. The van der Waals surface area contributed by atoms with E-state index in [1.165, 1.54) is 19.3 Å². The minimum Gasteiger partial charge on any atom is -0.369 e. The SMILES string of the molecule is CCC1(CNc2ncnc3c2cnn3-c2ccccc2)CC1. The van der Waals surface area contributed by atoms with Crippen molar-refractivity contribution in [3.05, 3.63) is 42.9 Å². The molecule has 0 unspecified atom stereocenters. The van der Waals surface area contributed by atoms with E-state index in [-0.39, 0.29) is 0 Å². The highest BCUT2D eigenvalue weighted by atomic mass is 15.3. The van der Waals surface area contributed by atoms with Gasteiger partial charge in [-0.05, 0) is 36.8 Å². The fourth-order valence-corrected chi connectivity index (χ4v) is 2.85. The molecule has 1 aliphatic rings. The second-order valence-electron chi connectivity index (χ2n) is 6.06. The van der Waals surface area contributed by atoms with Gasteiger partial charge in [0.1, 0.15) is 12.1 Å². The fraction of sp³-hybridized carbons (Fsp3) is 0.353. The van der Waals surface area contributed by atoms with Crippen LogP contribution in [0.1, 0.15) is 26.2 Å². The van der Waals surface area contributed by atoms with Gasteiger partial charge in [-0.15, -0.1) is 0 Å². The normalized spacial score (nSPS) is 15.9. The number of para-hydroxylation sites is 1. The van der Waals surface area contributed by atoms with Crippen LogP contribution in [0.25, 0.3) is 16.7 Å². The molecule has 1 N–H and O–H groups in total. The summed E-state index contributed by atoms with van der Waals surface area (Å²) in [5.41, 5.74) is 2.33. The molecule has 1 saturated carbocycles. The molecule has 22 heavy (non-hydrogen) atoms. The van der Waals surface area contributed by atoms with E-state index in [4.69, 9.17) is 0 Å². The predicted molar refractivity (Wildman–Crippen MR) is 87.1 cm³/mol. The summed E-state index contributed by atoms with van der Waals surface area (Å²) in [7, 11) is 0. The Morgan fingerprint density at radius 3 is 2.73 bits per heavy atom.